The number of amides is 1. The number of rotatable bonds is 6. The average Bonchev–Trinajstić information content (AvgIpc) is 2.27. The molecule has 18 heavy (non-hydrogen) atoms. The predicted molar refractivity (Wildman–Crippen MR) is 72.6 cm³/mol. The van der Waals surface area contributed by atoms with Crippen molar-refractivity contribution in [3.8, 4) is 0 Å². The quantitative estimate of drug-likeness (QED) is 0.780. The fourth-order valence-corrected chi connectivity index (χ4v) is 1.87. The topological polar surface area (TPSA) is 84.1 Å². The van der Waals surface area contributed by atoms with Crippen LogP contribution in [-0.2, 0) is 4.79 Å². The van der Waals surface area contributed by atoms with Crippen molar-refractivity contribution in [1.29, 1.82) is 0 Å². The smallest absolute Gasteiger partial charge is 0.236 e. The van der Waals surface area contributed by atoms with E-state index in [0.29, 0.717) is 5.92 Å². The molecule has 1 aromatic heterocycles. The monoisotopic (exact) mass is 251 g/mol. The van der Waals surface area contributed by atoms with Gasteiger partial charge in [-0.2, -0.15) is 0 Å². The first kappa shape index (κ1) is 14.2. The molecule has 0 bridgehead atoms. The van der Waals surface area contributed by atoms with E-state index in [2.05, 4.69) is 29.1 Å². The lowest BCUT2D eigenvalue weighted by Gasteiger charge is -2.26. The highest BCUT2D eigenvalue weighted by Gasteiger charge is 2.16. The van der Waals surface area contributed by atoms with Gasteiger partial charge in [-0.25, -0.2) is 9.97 Å². The number of nitrogens with two attached hydrogens (primary N) is 1. The van der Waals surface area contributed by atoms with E-state index in [-0.39, 0.29) is 12.5 Å². The SMILES string of the molecule is CNc1ncnc(N(CC(N)=O)CC(C)C)c1C. The first-order valence-corrected chi connectivity index (χ1v) is 5.98. The van der Waals surface area contributed by atoms with Crippen molar-refractivity contribution in [3.63, 3.8) is 0 Å². The molecule has 0 spiro atoms. The van der Waals surface area contributed by atoms with Crippen LogP contribution in [-0.4, -0.2) is 36.0 Å². The summed E-state index contributed by atoms with van der Waals surface area (Å²) >= 11 is 0. The molecule has 1 aromatic rings. The molecule has 0 aliphatic rings. The summed E-state index contributed by atoms with van der Waals surface area (Å²) in [6.07, 6.45) is 1.49. The maximum Gasteiger partial charge on any atom is 0.236 e. The lowest BCUT2D eigenvalue weighted by Crippen LogP contribution is -2.37. The Hall–Kier alpha value is -1.85. The van der Waals surface area contributed by atoms with Gasteiger partial charge in [0.25, 0.3) is 0 Å². The molecule has 0 saturated carbocycles. The first-order valence-electron chi connectivity index (χ1n) is 5.98. The van der Waals surface area contributed by atoms with E-state index >= 15 is 0 Å². The highest BCUT2D eigenvalue weighted by Crippen LogP contribution is 2.22. The summed E-state index contributed by atoms with van der Waals surface area (Å²) < 4.78 is 0. The molecular formula is C12H21N5O. The van der Waals surface area contributed by atoms with Gasteiger partial charge >= 0.3 is 0 Å². The molecule has 0 saturated heterocycles. The second-order valence-corrected chi connectivity index (χ2v) is 4.66. The van der Waals surface area contributed by atoms with Gasteiger partial charge in [-0.1, -0.05) is 13.8 Å². The van der Waals surface area contributed by atoms with Gasteiger partial charge in [-0.15, -0.1) is 0 Å². The maximum absolute atomic E-state index is 11.2. The van der Waals surface area contributed by atoms with E-state index in [9.17, 15) is 4.79 Å². The molecule has 0 radical (unpaired) electrons. The van der Waals surface area contributed by atoms with Gasteiger partial charge < -0.3 is 16.0 Å². The third kappa shape index (κ3) is 3.58. The predicted octanol–water partition coefficient (Wildman–Crippen LogP) is 0.774. The molecule has 1 amide bonds. The van der Waals surface area contributed by atoms with Gasteiger partial charge in [-0.05, 0) is 12.8 Å². The number of primary amides is 1. The number of nitrogens with zero attached hydrogens (tertiary/aromatic N) is 3. The van der Waals surface area contributed by atoms with Crippen LogP contribution in [0.25, 0.3) is 0 Å². The third-order valence-electron chi connectivity index (χ3n) is 2.53. The summed E-state index contributed by atoms with van der Waals surface area (Å²) in [5.41, 5.74) is 6.21. The number of hydrogen-bond acceptors (Lipinski definition) is 5. The Morgan fingerprint density at radius 3 is 2.67 bits per heavy atom. The number of carbonyl (C=O) groups excluding carboxylic acids is 1. The van der Waals surface area contributed by atoms with Crippen molar-refractivity contribution in [3.05, 3.63) is 11.9 Å². The zero-order chi connectivity index (χ0) is 13.7. The Kier molecular flexibility index (Phi) is 4.88. The van der Waals surface area contributed by atoms with Crippen LogP contribution in [0.4, 0.5) is 11.6 Å². The van der Waals surface area contributed by atoms with Gasteiger partial charge in [-0.3, -0.25) is 4.79 Å². The van der Waals surface area contributed by atoms with Crippen molar-refractivity contribution >= 4 is 17.5 Å². The van der Waals surface area contributed by atoms with E-state index in [1.807, 2.05) is 11.8 Å². The van der Waals surface area contributed by atoms with Crippen LogP contribution in [0.3, 0.4) is 0 Å². The van der Waals surface area contributed by atoms with Crippen LogP contribution in [0.5, 0.6) is 0 Å². The number of hydrogen-bond donors (Lipinski definition) is 2. The normalized spacial score (nSPS) is 10.5. The van der Waals surface area contributed by atoms with Crippen molar-refractivity contribution < 1.29 is 4.79 Å². The fourth-order valence-electron chi connectivity index (χ4n) is 1.87. The summed E-state index contributed by atoms with van der Waals surface area (Å²) in [6, 6.07) is 0. The minimum Gasteiger partial charge on any atom is -0.373 e. The van der Waals surface area contributed by atoms with Crippen molar-refractivity contribution in [2.75, 3.05) is 30.4 Å². The Morgan fingerprint density at radius 1 is 1.50 bits per heavy atom. The molecule has 6 nitrogen and oxygen atoms in total. The molecule has 6 heteroatoms. The van der Waals surface area contributed by atoms with Crippen LogP contribution >= 0.6 is 0 Å². The number of carbonyl (C=O) groups is 1. The van der Waals surface area contributed by atoms with Crippen LogP contribution in [0.1, 0.15) is 19.4 Å². The molecule has 0 fully saturated rings. The summed E-state index contributed by atoms with van der Waals surface area (Å²) in [5, 5.41) is 3.00. The average molecular weight is 251 g/mol. The number of anilines is 2. The highest BCUT2D eigenvalue weighted by atomic mass is 16.1. The Labute approximate surface area is 108 Å². The van der Waals surface area contributed by atoms with Crippen LogP contribution in [0.15, 0.2) is 6.33 Å². The molecule has 0 aliphatic heterocycles. The summed E-state index contributed by atoms with van der Waals surface area (Å²) in [7, 11) is 1.81. The van der Waals surface area contributed by atoms with Gasteiger partial charge in [0.15, 0.2) is 0 Å². The van der Waals surface area contributed by atoms with Gasteiger partial charge in [0.2, 0.25) is 5.91 Å². The Morgan fingerprint density at radius 2 is 2.17 bits per heavy atom. The van der Waals surface area contributed by atoms with Crippen LogP contribution < -0.4 is 16.0 Å². The van der Waals surface area contributed by atoms with Gasteiger partial charge in [0.1, 0.15) is 18.0 Å². The van der Waals surface area contributed by atoms with E-state index in [1.54, 1.807) is 7.05 Å². The van der Waals surface area contributed by atoms with Crippen molar-refractivity contribution in [1.82, 2.24) is 9.97 Å². The Balaban J connectivity index is 3.07. The molecular weight excluding hydrogens is 230 g/mol. The summed E-state index contributed by atoms with van der Waals surface area (Å²) in [5.74, 6) is 1.57. The number of aromatic nitrogens is 2. The van der Waals surface area contributed by atoms with E-state index in [4.69, 9.17) is 5.73 Å². The Bertz CT molecular complexity index is 419. The second-order valence-electron chi connectivity index (χ2n) is 4.66. The van der Waals surface area contributed by atoms with E-state index in [0.717, 1.165) is 23.7 Å². The highest BCUT2D eigenvalue weighted by molar-refractivity contribution is 5.79. The zero-order valence-corrected chi connectivity index (χ0v) is 11.4. The maximum atomic E-state index is 11.2. The standard InChI is InChI=1S/C12H21N5O/c1-8(2)5-17(6-10(13)18)12-9(3)11(14-4)15-7-16-12/h7-8H,5-6H2,1-4H3,(H2,13,18)(H,14,15,16). The molecule has 0 unspecified atom stereocenters. The minimum atomic E-state index is -0.361. The first-order chi connectivity index (χ1) is 8.45. The summed E-state index contributed by atoms with van der Waals surface area (Å²) in [4.78, 5) is 21.4. The molecule has 0 aromatic carbocycles. The second kappa shape index (κ2) is 6.18. The van der Waals surface area contributed by atoms with Crippen LogP contribution in [0, 0.1) is 12.8 Å². The minimum absolute atomic E-state index is 0.166. The van der Waals surface area contributed by atoms with Crippen molar-refractivity contribution in [2.24, 2.45) is 11.7 Å². The lowest BCUT2D eigenvalue weighted by molar-refractivity contribution is -0.116. The third-order valence-corrected chi connectivity index (χ3v) is 2.53. The molecule has 1 rings (SSSR count). The zero-order valence-electron chi connectivity index (χ0n) is 11.4. The van der Waals surface area contributed by atoms with Crippen molar-refractivity contribution in [2.45, 2.75) is 20.8 Å². The lowest BCUT2D eigenvalue weighted by atomic mass is 10.2. The fraction of sp³-hybridized carbons (Fsp3) is 0.583. The molecule has 3 N–H and O–H groups in total. The van der Waals surface area contributed by atoms with E-state index in [1.165, 1.54) is 6.33 Å². The molecule has 100 valence electrons. The number of nitrogens with one attached hydrogen (secondary N) is 1. The largest absolute Gasteiger partial charge is 0.373 e. The molecule has 0 atom stereocenters. The van der Waals surface area contributed by atoms with E-state index < -0.39 is 0 Å². The van der Waals surface area contributed by atoms with Crippen LogP contribution in [0.2, 0.25) is 0 Å². The van der Waals surface area contributed by atoms with Gasteiger partial charge in [0.05, 0.1) is 6.54 Å². The summed E-state index contributed by atoms with van der Waals surface area (Å²) in [6.45, 7) is 6.99. The molecule has 1 heterocycles. The molecule has 0 aliphatic carbocycles. The van der Waals surface area contributed by atoms with Gasteiger partial charge in [0, 0.05) is 19.2 Å².